The fraction of sp³-hybridized carbons (Fsp3) is 0.423. The molecule has 2 fully saturated rings. The monoisotopic (exact) mass is 559 g/mol. The molecule has 0 radical (unpaired) electrons. The smallest absolute Gasteiger partial charge is 0.387 e. The van der Waals surface area contributed by atoms with Gasteiger partial charge in [0.15, 0.2) is 17.2 Å². The van der Waals surface area contributed by atoms with Crippen molar-refractivity contribution in [1.29, 1.82) is 0 Å². The normalized spacial score (nSPS) is 16.6. The SMILES string of the molecule is CN1CCN(c2cc(C3CC3)cn3cc(CN(N)/C=C(\N)C(=O)NCc4nccc(OC(F)F)c4F)nc23)CC1. The quantitative estimate of drug-likeness (QED) is 0.194. The molecule has 1 saturated carbocycles. The summed E-state index contributed by atoms with van der Waals surface area (Å²) in [7, 11) is 2.12. The Kier molecular flexibility index (Phi) is 7.98. The summed E-state index contributed by atoms with van der Waals surface area (Å²) in [5, 5.41) is 3.63. The van der Waals surface area contributed by atoms with Crippen molar-refractivity contribution in [2.75, 3.05) is 38.1 Å². The topological polar surface area (TPSA) is 130 Å². The summed E-state index contributed by atoms with van der Waals surface area (Å²) < 4.78 is 45.3. The lowest BCUT2D eigenvalue weighted by molar-refractivity contribution is -0.117. The third kappa shape index (κ3) is 6.39. The van der Waals surface area contributed by atoms with E-state index in [2.05, 4.69) is 44.1 Å². The Morgan fingerprint density at radius 1 is 1.27 bits per heavy atom. The van der Waals surface area contributed by atoms with Crippen molar-refractivity contribution < 1.29 is 22.7 Å². The molecular weight excluding hydrogens is 527 g/mol. The maximum Gasteiger partial charge on any atom is 0.387 e. The van der Waals surface area contributed by atoms with Crippen molar-refractivity contribution in [3.8, 4) is 5.75 Å². The summed E-state index contributed by atoms with van der Waals surface area (Å²) in [6.07, 6.45) is 8.77. The second-order valence-corrected chi connectivity index (χ2v) is 10.1. The molecule has 0 bridgehead atoms. The number of alkyl halides is 2. The van der Waals surface area contributed by atoms with Crippen LogP contribution in [0.25, 0.3) is 5.65 Å². The zero-order valence-electron chi connectivity index (χ0n) is 22.1. The third-order valence-electron chi connectivity index (χ3n) is 6.97. The van der Waals surface area contributed by atoms with Crippen LogP contribution in [0.15, 0.2) is 42.6 Å². The molecule has 0 unspecified atom stereocenters. The van der Waals surface area contributed by atoms with Gasteiger partial charge in [-0.25, -0.2) is 15.2 Å². The Morgan fingerprint density at radius 3 is 2.73 bits per heavy atom. The molecule has 4 heterocycles. The second-order valence-electron chi connectivity index (χ2n) is 10.1. The number of pyridine rings is 2. The molecular formula is C26H32F3N9O2. The van der Waals surface area contributed by atoms with Crippen LogP contribution >= 0.6 is 0 Å². The van der Waals surface area contributed by atoms with Crippen LogP contribution in [0.1, 0.15) is 35.7 Å². The summed E-state index contributed by atoms with van der Waals surface area (Å²) in [5.74, 6) is 4.20. The molecule has 5 N–H and O–H groups in total. The number of hydrazine groups is 1. The standard InChI is InChI=1S/C26H32F3N9O2/c1-35-6-8-36(9-7-35)21-10-17(16-2-3-16)12-37-13-18(34-24(21)37)14-38(31)15-19(30)25(39)33-11-20-23(27)22(4-5-32-20)40-26(28)29/h4-5,10,12-13,15-16,26H,2-3,6-9,11,14,30-31H2,1H3,(H,33,39)/b19-15-. The number of likely N-dealkylation sites (N-methyl/N-ethyl adjacent to an activating group) is 1. The Hall–Kier alpha value is -4.04. The molecule has 0 spiro atoms. The van der Waals surface area contributed by atoms with Crippen LogP contribution in [0.4, 0.5) is 18.9 Å². The average Bonchev–Trinajstić information content (AvgIpc) is 3.68. The van der Waals surface area contributed by atoms with E-state index in [4.69, 9.17) is 16.6 Å². The van der Waals surface area contributed by atoms with E-state index >= 15 is 0 Å². The first-order chi connectivity index (χ1) is 19.2. The van der Waals surface area contributed by atoms with Crippen molar-refractivity contribution in [2.45, 2.75) is 38.5 Å². The lowest BCUT2D eigenvalue weighted by atomic mass is 10.1. The van der Waals surface area contributed by atoms with E-state index in [1.807, 2.05) is 10.6 Å². The van der Waals surface area contributed by atoms with Gasteiger partial charge in [-0.05, 0) is 37.4 Å². The summed E-state index contributed by atoms with van der Waals surface area (Å²) >= 11 is 0. The second kappa shape index (κ2) is 11.6. The lowest BCUT2D eigenvalue weighted by Crippen LogP contribution is -2.44. The first-order valence-corrected chi connectivity index (χ1v) is 13.0. The third-order valence-corrected chi connectivity index (χ3v) is 6.97. The molecule has 1 aliphatic heterocycles. The molecule has 40 heavy (non-hydrogen) atoms. The number of nitrogens with two attached hydrogens (primary N) is 2. The number of nitrogens with one attached hydrogen (secondary N) is 1. The van der Waals surface area contributed by atoms with Gasteiger partial charge in [0.1, 0.15) is 5.70 Å². The fourth-order valence-electron chi connectivity index (χ4n) is 4.66. The van der Waals surface area contributed by atoms with Gasteiger partial charge in [0.25, 0.3) is 5.91 Å². The molecule has 3 aromatic rings. The predicted octanol–water partition coefficient (Wildman–Crippen LogP) is 1.89. The molecule has 0 atom stereocenters. The number of nitrogens with zero attached hydrogens (tertiary/aromatic N) is 6. The van der Waals surface area contributed by atoms with E-state index < -0.39 is 30.6 Å². The van der Waals surface area contributed by atoms with Crippen LogP contribution in [0.2, 0.25) is 0 Å². The first kappa shape index (κ1) is 27.5. The lowest BCUT2D eigenvalue weighted by Gasteiger charge is -2.34. The summed E-state index contributed by atoms with van der Waals surface area (Å²) in [4.78, 5) is 25.7. The van der Waals surface area contributed by atoms with Crippen LogP contribution < -0.4 is 26.5 Å². The Morgan fingerprint density at radius 2 is 2.02 bits per heavy atom. The van der Waals surface area contributed by atoms with E-state index in [-0.39, 0.29) is 17.9 Å². The van der Waals surface area contributed by atoms with Crippen molar-refractivity contribution in [2.24, 2.45) is 11.6 Å². The zero-order chi connectivity index (χ0) is 28.4. The van der Waals surface area contributed by atoms with Crippen molar-refractivity contribution in [3.05, 3.63) is 65.4 Å². The van der Waals surface area contributed by atoms with Crippen molar-refractivity contribution in [1.82, 2.24) is 29.6 Å². The van der Waals surface area contributed by atoms with Crippen molar-refractivity contribution >= 4 is 17.2 Å². The number of fused-ring (bicyclic) bond motifs is 1. The highest BCUT2D eigenvalue weighted by atomic mass is 19.3. The van der Waals surface area contributed by atoms with Gasteiger partial charge in [-0.3, -0.25) is 9.78 Å². The number of piperazine rings is 1. The molecule has 2 aliphatic rings. The first-order valence-electron chi connectivity index (χ1n) is 13.0. The van der Waals surface area contributed by atoms with Gasteiger partial charge in [-0.15, -0.1) is 0 Å². The van der Waals surface area contributed by atoms with Gasteiger partial charge in [0.05, 0.1) is 30.2 Å². The molecule has 214 valence electrons. The van der Waals surface area contributed by atoms with Gasteiger partial charge in [0.2, 0.25) is 0 Å². The molecule has 11 nitrogen and oxygen atoms in total. The van der Waals surface area contributed by atoms with E-state index in [9.17, 15) is 18.0 Å². The minimum absolute atomic E-state index is 0.180. The van der Waals surface area contributed by atoms with Gasteiger partial charge < -0.3 is 35.0 Å². The number of carbonyl (C=O) groups excluding carboxylic acids is 1. The number of amides is 1. The number of rotatable bonds is 10. The molecule has 3 aromatic heterocycles. The minimum Gasteiger partial charge on any atom is -0.432 e. The average molecular weight is 560 g/mol. The Bertz CT molecular complexity index is 1400. The number of hydrogen-bond acceptors (Lipinski definition) is 9. The summed E-state index contributed by atoms with van der Waals surface area (Å²) in [6.45, 7) is 0.391. The molecule has 1 saturated heterocycles. The van der Waals surface area contributed by atoms with Gasteiger partial charge in [0, 0.05) is 57.0 Å². The number of carbonyl (C=O) groups is 1. The molecule has 1 aliphatic carbocycles. The van der Waals surface area contributed by atoms with Crippen LogP contribution in [0.3, 0.4) is 0 Å². The van der Waals surface area contributed by atoms with Crippen LogP contribution in [0, 0.1) is 5.82 Å². The van der Waals surface area contributed by atoms with Crippen LogP contribution in [-0.2, 0) is 17.9 Å². The molecule has 0 aromatic carbocycles. The summed E-state index contributed by atoms with van der Waals surface area (Å²) in [6, 6.07) is 3.22. The molecule has 1 amide bonds. The largest absolute Gasteiger partial charge is 0.432 e. The Balaban J connectivity index is 1.25. The van der Waals surface area contributed by atoms with Gasteiger partial charge in [-0.2, -0.15) is 8.78 Å². The number of hydrogen-bond donors (Lipinski definition) is 3. The van der Waals surface area contributed by atoms with E-state index in [1.165, 1.54) is 29.6 Å². The van der Waals surface area contributed by atoms with Gasteiger partial charge in [-0.1, -0.05) is 0 Å². The van der Waals surface area contributed by atoms with E-state index in [0.29, 0.717) is 11.6 Å². The number of halogens is 3. The maximum atomic E-state index is 14.3. The molecule has 14 heteroatoms. The van der Waals surface area contributed by atoms with E-state index in [0.717, 1.165) is 49.8 Å². The highest BCUT2D eigenvalue weighted by Gasteiger charge is 2.27. The number of ether oxygens (including phenoxy) is 1. The van der Waals surface area contributed by atoms with Crippen molar-refractivity contribution in [3.63, 3.8) is 0 Å². The minimum atomic E-state index is -3.19. The van der Waals surface area contributed by atoms with Crippen LogP contribution in [0.5, 0.6) is 5.75 Å². The fourth-order valence-corrected chi connectivity index (χ4v) is 4.66. The zero-order valence-corrected chi connectivity index (χ0v) is 22.1. The highest BCUT2D eigenvalue weighted by molar-refractivity contribution is 5.92. The number of aromatic nitrogens is 3. The number of anilines is 1. The Labute approximate surface area is 229 Å². The highest BCUT2D eigenvalue weighted by Crippen LogP contribution is 2.42. The maximum absolute atomic E-state index is 14.3. The number of imidazole rings is 1. The van der Waals surface area contributed by atoms with Crippen LogP contribution in [-0.4, -0.2) is 70.0 Å². The van der Waals surface area contributed by atoms with E-state index in [1.54, 1.807) is 0 Å². The van der Waals surface area contributed by atoms with Gasteiger partial charge >= 0.3 is 6.61 Å². The molecule has 5 rings (SSSR count). The summed E-state index contributed by atoms with van der Waals surface area (Å²) in [5.41, 5.74) is 9.31. The predicted molar refractivity (Wildman–Crippen MR) is 142 cm³/mol.